The van der Waals surface area contributed by atoms with Crippen LogP contribution in [-0.2, 0) is 4.79 Å². The Bertz CT molecular complexity index is 642. The van der Waals surface area contributed by atoms with Gasteiger partial charge in [-0.1, -0.05) is 11.8 Å². The van der Waals surface area contributed by atoms with E-state index in [0.717, 1.165) is 17.3 Å². The molecule has 1 N–H and O–H groups in total. The number of carbonyl (C=O) groups is 1. The van der Waals surface area contributed by atoms with Crippen LogP contribution in [0.15, 0.2) is 21.8 Å². The fourth-order valence-electron chi connectivity index (χ4n) is 1.80. The van der Waals surface area contributed by atoms with Crippen molar-refractivity contribution in [1.82, 2.24) is 9.55 Å². The second-order valence-corrected chi connectivity index (χ2v) is 6.09. The first kappa shape index (κ1) is 14.3. The summed E-state index contributed by atoms with van der Waals surface area (Å²) in [5, 5.41) is 9.33. The highest BCUT2D eigenvalue weighted by atomic mass is 79.9. The summed E-state index contributed by atoms with van der Waals surface area (Å²) >= 11 is 4.29. The fourth-order valence-corrected chi connectivity index (χ4v) is 2.99. The Morgan fingerprint density at radius 1 is 1.58 bits per heavy atom. The smallest absolute Gasteiger partial charge is 0.313 e. The molecule has 0 atom stereocenters. The van der Waals surface area contributed by atoms with Crippen molar-refractivity contribution in [2.24, 2.45) is 0 Å². The number of rotatable bonds is 4. The van der Waals surface area contributed by atoms with Crippen molar-refractivity contribution in [3.05, 3.63) is 22.4 Å². The Morgan fingerprint density at radius 2 is 2.26 bits per heavy atom. The van der Waals surface area contributed by atoms with Crippen molar-refractivity contribution < 1.29 is 14.3 Å². The van der Waals surface area contributed by atoms with Crippen LogP contribution in [0.2, 0.25) is 0 Å². The molecule has 1 aromatic heterocycles. The van der Waals surface area contributed by atoms with Gasteiger partial charge in [-0.15, -0.1) is 0 Å². The molecular weight excluding hydrogens is 335 g/mol. The van der Waals surface area contributed by atoms with Crippen LogP contribution in [-0.4, -0.2) is 26.4 Å². The number of hydrogen-bond acceptors (Lipinski definition) is 3. The molecule has 0 saturated heterocycles. The highest BCUT2D eigenvalue weighted by Gasteiger charge is 2.16. The topological polar surface area (TPSA) is 55.1 Å². The van der Waals surface area contributed by atoms with Gasteiger partial charge in [0, 0.05) is 12.1 Å². The molecule has 0 radical (unpaired) electrons. The van der Waals surface area contributed by atoms with Gasteiger partial charge in [0.25, 0.3) is 0 Å². The first-order chi connectivity index (χ1) is 8.90. The molecule has 0 spiro atoms. The van der Waals surface area contributed by atoms with Crippen molar-refractivity contribution in [3.8, 4) is 0 Å². The standard InChI is InChI=1S/C12H12BrFN2O2S/c1-6(2)16-10-3-7(13)8(14)4-9(10)15-12(16)19-5-11(17)18/h3-4,6H,5H2,1-2H3,(H,17,18). The summed E-state index contributed by atoms with van der Waals surface area (Å²) in [4.78, 5) is 15.0. The normalized spacial score (nSPS) is 11.4. The predicted octanol–water partition coefficient (Wildman–Crippen LogP) is 3.70. The fraction of sp³-hybridized carbons (Fsp3) is 0.333. The number of thioether (sulfide) groups is 1. The lowest BCUT2D eigenvalue weighted by Crippen LogP contribution is -2.05. The molecule has 0 aliphatic heterocycles. The van der Waals surface area contributed by atoms with Gasteiger partial charge in [0.15, 0.2) is 5.16 Å². The number of hydrogen-bond donors (Lipinski definition) is 1. The maximum atomic E-state index is 13.5. The van der Waals surface area contributed by atoms with E-state index in [0.29, 0.717) is 15.1 Å². The van der Waals surface area contributed by atoms with Gasteiger partial charge < -0.3 is 9.67 Å². The molecule has 1 aromatic carbocycles. The first-order valence-electron chi connectivity index (χ1n) is 5.61. The van der Waals surface area contributed by atoms with E-state index >= 15 is 0 Å². The third-order valence-corrected chi connectivity index (χ3v) is 4.09. The van der Waals surface area contributed by atoms with E-state index in [1.54, 1.807) is 6.07 Å². The molecule has 19 heavy (non-hydrogen) atoms. The summed E-state index contributed by atoms with van der Waals surface area (Å²) in [6.45, 7) is 3.95. The number of imidazole rings is 1. The van der Waals surface area contributed by atoms with Crippen molar-refractivity contribution >= 4 is 44.7 Å². The van der Waals surface area contributed by atoms with E-state index in [4.69, 9.17) is 5.11 Å². The lowest BCUT2D eigenvalue weighted by Gasteiger charge is -2.12. The monoisotopic (exact) mass is 346 g/mol. The van der Waals surface area contributed by atoms with Gasteiger partial charge in [-0.25, -0.2) is 9.37 Å². The Kier molecular flexibility index (Phi) is 4.15. The highest BCUT2D eigenvalue weighted by Crippen LogP contribution is 2.30. The third kappa shape index (κ3) is 2.92. The summed E-state index contributed by atoms with van der Waals surface area (Å²) in [6.07, 6.45) is 0. The number of carboxylic acids is 1. The van der Waals surface area contributed by atoms with Gasteiger partial charge in [-0.3, -0.25) is 4.79 Å². The largest absolute Gasteiger partial charge is 0.481 e. The zero-order chi connectivity index (χ0) is 14.2. The van der Waals surface area contributed by atoms with Crippen molar-refractivity contribution in [2.45, 2.75) is 25.0 Å². The molecule has 1 heterocycles. The number of aromatic nitrogens is 2. The van der Waals surface area contributed by atoms with E-state index in [1.165, 1.54) is 6.07 Å². The molecule has 7 heteroatoms. The van der Waals surface area contributed by atoms with Crippen molar-refractivity contribution in [3.63, 3.8) is 0 Å². The second-order valence-electron chi connectivity index (χ2n) is 4.30. The zero-order valence-corrected chi connectivity index (χ0v) is 12.8. The molecule has 0 aliphatic rings. The molecule has 0 aliphatic carbocycles. The number of nitrogens with zero attached hydrogens (tertiary/aromatic N) is 2. The minimum atomic E-state index is -0.903. The molecule has 2 aromatic rings. The quantitative estimate of drug-likeness (QED) is 0.857. The summed E-state index contributed by atoms with van der Waals surface area (Å²) in [5.74, 6) is -1.35. The van der Waals surface area contributed by atoms with E-state index in [-0.39, 0.29) is 17.6 Å². The predicted molar refractivity (Wildman–Crippen MR) is 76.1 cm³/mol. The van der Waals surface area contributed by atoms with Gasteiger partial charge in [0.05, 0.1) is 21.3 Å². The molecule has 0 unspecified atom stereocenters. The number of aliphatic carboxylic acids is 1. The number of benzene rings is 1. The summed E-state index contributed by atoms with van der Waals surface area (Å²) in [6, 6.07) is 3.13. The summed E-state index contributed by atoms with van der Waals surface area (Å²) < 4.78 is 15.8. The minimum Gasteiger partial charge on any atom is -0.481 e. The SMILES string of the molecule is CC(C)n1c(SCC(=O)O)nc2cc(F)c(Br)cc21. The molecule has 0 saturated carbocycles. The van der Waals surface area contributed by atoms with Crippen LogP contribution in [0.1, 0.15) is 19.9 Å². The van der Waals surface area contributed by atoms with Crippen LogP contribution < -0.4 is 0 Å². The Balaban J connectivity index is 2.56. The van der Waals surface area contributed by atoms with Gasteiger partial charge >= 0.3 is 5.97 Å². The van der Waals surface area contributed by atoms with Crippen LogP contribution in [0.4, 0.5) is 4.39 Å². The third-order valence-electron chi connectivity index (χ3n) is 2.54. The minimum absolute atomic E-state index is 0.0697. The zero-order valence-electron chi connectivity index (χ0n) is 10.4. The molecule has 102 valence electrons. The maximum absolute atomic E-state index is 13.5. The van der Waals surface area contributed by atoms with Crippen molar-refractivity contribution in [2.75, 3.05) is 5.75 Å². The molecule has 0 bridgehead atoms. The van der Waals surface area contributed by atoms with E-state index < -0.39 is 5.97 Å². The Labute approximate surface area is 122 Å². The van der Waals surface area contributed by atoms with Crippen LogP contribution >= 0.6 is 27.7 Å². The second kappa shape index (κ2) is 5.50. The average molecular weight is 347 g/mol. The summed E-state index contributed by atoms with van der Waals surface area (Å²) in [5.41, 5.74) is 1.32. The van der Waals surface area contributed by atoms with E-state index in [2.05, 4.69) is 20.9 Å². The van der Waals surface area contributed by atoms with Gasteiger partial charge in [-0.2, -0.15) is 0 Å². The molecule has 4 nitrogen and oxygen atoms in total. The summed E-state index contributed by atoms with van der Waals surface area (Å²) in [7, 11) is 0. The maximum Gasteiger partial charge on any atom is 0.313 e. The van der Waals surface area contributed by atoms with Crippen molar-refractivity contribution in [1.29, 1.82) is 0 Å². The Hall–Kier alpha value is -1.08. The van der Waals surface area contributed by atoms with Gasteiger partial charge in [-0.05, 0) is 35.8 Å². The van der Waals surface area contributed by atoms with E-state index in [9.17, 15) is 9.18 Å². The molecular formula is C12H12BrFN2O2S. The van der Waals surface area contributed by atoms with Crippen LogP contribution in [0.25, 0.3) is 11.0 Å². The Morgan fingerprint density at radius 3 is 2.84 bits per heavy atom. The first-order valence-corrected chi connectivity index (χ1v) is 7.39. The number of halogens is 2. The molecule has 0 fully saturated rings. The lowest BCUT2D eigenvalue weighted by molar-refractivity contribution is -0.133. The lowest BCUT2D eigenvalue weighted by atomic mass is 10.3. The number of carboxylic acid groups (broad SMARTS) is 1. The number of fused-ring (bicyclic) bond motifs is 1. The van der Waals surface area contributed by atoms with Crippen LogP contribution in [0.3, 0.4) is 0 Å². The molecule has 0 amide bonds. The molecule has 2 rings (SSSR count). The van der Waals surface area contributed by atoms with Gasteiger partial charge in [0.1, 0.15) is 5.82 Å². The van der Waals surface area contributed by atoms with Crippen LogP contribution in [0.5, 0.6) is 0 Å². The van der Waals surface area contributed by atoms with E-state index in [1.807, 2.05) is 18.4 Å². The van der Waals surface area contributed by atoms with Crippen LogP contribution in [0, 0.1) is 5.82 Å². The average Bonchev–Trinajstić information content (AvgIpc) is 2.64. The van der Waals surface area contributed by atoms with Gasteiger partial charge in [0.2, 0.25) is 0 Å². The highest BCUT2D eigenvalue weighted by molar-refractivity contribution is 9.10.